The summed E-state index contributed by atoms with van der Waals surface area (Å²) in [5.74, 6) is 2.28. The Kier molecular flexibility index (Phi) is 5.89. The van der Waals surface area contributed by atoms with Crippen molar-refractivity contribution in [2.45, 2.75) is 25.7 Å². The maximum Gasteiger partial charge on any atom is 0.224 e. The molecule has 0 aromatic heterocycles. The van der Waals surface area contributed by atoms with Crippen molar-refractivity contribution in [3.05, 3.63) is 29.8 Å². The Morgan fingerprint density at radius 1 is 1.30 bits per heavy atom. The summed E-state index contributed by atoms with van der Waals surface area (Å²) in [6.45, 7) is 0.811. The molecule has 0 bridgehead atoms. The molecule has 0 heterocycles. The zero-order valence-corrected chi connectivity index (χ0v) is 13.5. The molecule has 2 atom stereocenters. The van der Waals surface area contributed by atoms with E-state index in [-0.39, 0.29) is 5.91 Å². The van der Waals surface area contributed by atoms with E-state index in [0.717, 1.165) is 29.1 Å². The van der Waals surface area contributed by atoms with Gasteiger partial charge in [0.05, 0.1) is 13.5 Å². The van der Waals surface area contributed by atoms with Crippen LogP contribution in [0.5, 0.6) is 5.75 Å². The second-order valence-electron chi connectivity index (χ2n) is 5.43. The van der Waals surface area contributed by atoms with E-state index in [9.17, 15) is 4.79 Å². The number of halogens is 1. The molecule has 110 valence electrons. The minimum Gasteiger partial charge on any atom is -0.497 e. The predicted octanol–water partition coefficient (Wildman–Crippen LogP) is 3.17. The van der Waals surface area contributed by atoms with E-state index in [1.165, 1.54) is 19.3 Å². The van der Waals surface area contributed by atoms with Gasteiger partial charge in [-0.2, -0.15) is 0 Å². The van der Waals surface area contributed by atoms with Crippen molar-refractivity contribution < 1.29 is 9.53 Å². The summed E-state index contributed by atoms with van der Waals surface area (Å²) < 4.78 is 5.11. The Labute approximate surface area is 129 Å². The molecule has 2 rings (SSSR count). The molecule has 20 heavy (non-hydrogen) atoms. The summed E-state index contributed by atoms with van der Waals surface area (Å²) in [5, 5.41) is 4.12. The van der Waals surface area contributed by atoms with Gasteiger partial charge >= 0.3 is 0 Å². The van der Waals surface area contributed by atoms with Crippen molar-refractivity contribution in [2.24, 2.45) is 11.8 Å². The van der Waals surface area contributed by atoms with Gasteiger partial charge in [0.25, 0.3) is 0 Å². The second kappa shape index (κ2) is 7.67. The van der Waals surface area contributed by atoms with Gasteiger partial charge in [0.2, 0.25) is 5.91 Å². The van der Waals surface area contributed by atoms with Crippen LogP contribution in [0.15, 0.2) is 24.3 Å². The summed E-state index contributed by atoms with van der Waals surface area (Å²) in [6.07, 6.45) is 4.24. The zero-order valence-electron chi connectivity index (χ0n) is 11.9. The monoisotopic (exact) mass is 339 g/mol. The second-order valence-corrected chi connectivity index (χ2v) is 6.08. The van der Waals surface area contributed by atoms with Crippen LogP contribution < -0.4 is 10.1 Å². The fraction of sp³-hybridized carbons (Fsp3) is 0.562. The molecule has 3 nitrogen and oxygen atoms in total. The lowest BCUT2D eigenvalue weighted by Crippen LogP contribution is -2.32. The van der Waals surface area contributed by atoms with E-state index in [4.69, 9.17) is 4.74 Å². The number of hydrogen-bond donors (Lipinski definition) is 1. The third kappa shape index (κ3) is 4.23. The van der Waals surface area contributed by atoms with Gasteiger partial charge in [-0.15, -0.1) is 0 Å². The number of hydrogen-bond acceptors (Lipinski definition) is 2. The fourth-order valence-corrected chi connectivity index (χ4v) is 3.67. The lowest BCUT2D eigenvalue weighted by Gasteiger charge is -2.17. The Morgan fingerprint density at radius 3 is 2.65 bits per heavy atom. The third-order valence-corrected chi connectivity index (χ3v) is 4.93. The number of carbonyl (C=O) groups excluding carboxylic acids is 1. The number of benzene rings is 1. The molecule has 1 aliphatic rings. The van der Waals surface area contributed by atoms with Crippen molar-refractivity contribution in [3.63, 3.8) is 0 Å². The SMILES string of the molecule is COc1ccc(CC(=O)NCC2CCCC2CBr)cc1. The van der Waals surface area contributed by atoms with Gasteiger partial charge in [-0.1, -0.05) is 34.5 Å². The number of carbonyl (C=O) groups is 1. The molecule has 0 saturated heterocycles. The van der Waals surface area contributed by atoms with Crippen LogP contribution in [0.4, 0.5) is 0 Å². The highest BCUT2D eigenvalue weighted by Gasteiger charge is 2.26. The maximum absolute atomic E-state index is 12.0. The maximum atomic E-state index is 12.0. The highest BCUT2D eigenvalue weighted by atomic mass is 79.9. The smallest absolute Gasteiger partial charge is 0.224 e. The van der Waals surface area contributed by atoms with Crippen LogP contribution in [0.3, 0.4) is 0 Å². The Balaban J connectivity index is 1.77. The number of nitrogens with one attached hydrogen (secondary N) is 1. The first-order valence-corrected chi connectivity index (χ1v) is 8.30. The first kappa shape index (κ1) is 15.4. The number of ether oxygens (including phenoxy) is 1. The summed E-state index contributed by atoms with van der Waals surface area (Å²) in [6, 6.07) is 7.66. The fourth-order valence-electron chi connectivity index (χ4n) is 2.82. The van der Waals surface area contributed by atoms with Crippen molar-refractivity contribution >= 4 is 21.8 Å². The van der Waals surface area contributed by atoms with Gasteiger partial charge in [0, 0.05) is 11.9 Å². The van der Waals surface area contributed by atoms with Gasteiger partial charge in [-0.05, 0) is 42.4 Å². The van der Waals surface area contributed by atoms with Crippen molar-refractivity contribution in [2.75, 3.05) is 19.0 Å². The molecule has 2 unspecified atom stereocenters. The Hall–Kier alpha value is -1.03. The van der Waals surface area contributed by atoms with Gasteiger partial charge in [-0.25, -0.2) is 0 Å². The molecule has 0 radical (unpaired) electrons. The van der Waals surface area contributed by atoms with Crippen molar-refractivity contribution in [1.82, 2.24) is 5.32 Å². The van der Waals surface area contributed by atoms with Crippen molar-refractivity contribution in [1.29, 1.82) is 0 Å². The normalized spacial score (nSPS) is 21.7. The van der Waals surface area contributed by atoms with Gasteiger partial charge < -0.3 is 10.1 Å². The van der Waals surface area contributed by atoms with E-state index in [2.05, 4.69) is 21.2 Å². The molecular formula is C16H22BrNO2. The van der Waals surface area contributed by atoms with Crippen molar-refractivity contribution in [3.8, 4) is 5.75 Å². The number of rotatable bonds is 6. The van der Waals surface area contributed by atoms with Crippen LogP contribution in [0.2, 0.25) is 0 Å². The van der Waals surface area contributed by atoms with Gasteiger partial charge in [0.15, 0.2) is 0 Å². The largest absolute Gasteiger partial charge is 0.497 e. The molecule has 1 fully saturated rings. The topological polar surface area (TPSA) is 38.3 Å². The van der Waals surface area contributed by atoms with E-state index < -0.39 is 0 Å². The molecule has 1 aromatic carbocycles. The molecule has 1 amide bonds. The van der Waals surface area contributed by atoms with Crippen LogP contribution >= 0.6 is 15.9 Å². The minimum absolute atomic E-state index is 0.107. The van der Waals surface area contributed by atoms with Gasteiger partial charge in [0.1, 0.15) is 5.75 Å². The number of methoxy groups -OCH3 is 1. The lowest BCUT2D eigenvalue weighted by atomic mass is 9.98. The minimum atomic E-state index is 0.107. The summed E-state index contributed by atoms with van der Waals surface area (Å²) in [4.78, 5) is 12.0. The zero-order chi connectivity index (χ0) is 14.4. The quantitative estimate of drug-likeness (QED) is 0.808. The van der Waals surface area contributed by atoms with E-state index in [1.807, 2.05) is 24.3 Å². The Bertz CT molecular complexity index is 433. The first-order chi connectivity index (χ1) is 9.72. The molecular weight excluding hydrogens is 318 g/mol. The number of alkyl halides is 1. The number of amides is 1. The third-order valence-electron chi connectivity index (χ3n) is 4.10. The molecule has 1 aliphatic carbocycles. The predicted molar refractivity (Wildman–Crippen MR) is 84.3 cm³/mol. The summed E-state index contributed by atoms with van der Waals surface area (Å²) in [5.41, 5.74) is 1.02. The highest BCUT2D eigenvalue weighted by Crippen LogP contribution is 2.32. The van der Waals surface area contributed by atoms with Crippen LogP contribution in [0, 0.1) is 11.8 Å². The lowest BCUT2D eigenvalue weighted by molar-refractivity contribution is -0.120. The standard InChI is InChI=1S/C16H22BrNO2/c1-20-15-7-5-12(6-8-15)9-16(19)18-11-14-4-2-3-13(14)10-17/h5-8,13-14H,2-4,9-11H2,1H3,(H,18,19). The van der Waals surface area contributed by atoms with Crippen LogP contribution in [0.1, 0.15) is 24.8 Å². The molecule has 1 aromatic rings. The Morgan fingerprint density at radius 2 is 2.00 bits per heavy atom. The molecule has 0 aliphatic heterocycles. The average molecular weight is 340 g/mol. The molecule has 1 saturated carbocycles. The molecule has 1 N–H and O–H groups in total. The summed E-state index contributed by atoms with van der Waals surface area (Å²) >= 11 is 3.57. The van der Waals surface area contributed by atoms with Crippen LogP contribution in [-0.2, 0) is 11.2 Å². The first-order valence-electron chi connectivity index (χ1n) is 7.18. The van der Waals surface area contributed by atoms with E-state index in [0.29, 0.717) is 12.3 Å². The van der Waals surface area contributed by atoms with Crippen LogP contribution in [0.25, 0.3) is 0 Å². The van der Waals surface area contributed by atoms with Gasteiger partial charge in [-0.3, -0.25) is 4.79 Å². The van der Waals surface area contributed by atoms with E-state index in [1.54, 1.807) is 7.11 Å². The highest BCUT2D eigenvalue weighted by molar-refractivity contribution is 9.09. The molecule has 4 heteroatoms. The van der Waals surface area contributed by atoms with Crippen LogP contribution in [-0.4, -0.2) is 24.9 Å². The average Bonchev–Trinajstić information content (AvgIpc) is 2.93. The van der Waals surface area contributed by atoms with E-state index >= 15 is 0 Å². The molecule has 0 spiro atoms. The summed E-state index contributed by atoms with van der Waals surface area (Å²) in [7, 11) is 1.64.